The van der Waals surface area contributed by atoms with Crippen LogP contribution in [0.15, 0.2) is 0 Å². The van der Waals surface area contributed by atoms with Gasteiger partial charge in [0.05, 0.1) is 19.1 Å². The predicted molar refractivity (Wildman–Crippen MR) is 71.7 cm³/mol. The van der Waals surface area contributed by atoms with Crippen molar-refractivity contribution in [3.8, 4) is 0 Å². The van der Waals surface area contributed by atoms with Gasteiger partial charge in [0.2, 0.25) is 5.91 Å². The van der Waals surface area contributed by atoms with Gasteiger partial charge in [-0.2, -0.15) is 0 Å². The molecule has 6 heteroatoms. The van der Waals surface area contributed by atoms with Crippen LogP contribution in [-0.2, 0) is 9.53 Å². The molecule has 2 aliphatic rings. The highest BCUT2D eigenvalue weighted by Gasteiger charge is 2.24. The molecule has 0 bridgehead atoms. The van der Waals surface area contributed by atoms with Gasteiger partial charge in [-0.1, -0.05) is 0 Å². The van der Waals surface area contributed by atoms with Crippen LogP contribution in [-0.4, -0.2) is 56.6 Å². The summed E-state index contributed by atoms with van der Waals surface area (Å²) in [6.07, 6.45) is 1.36. The van der Waals surface area contributed by atoms with Crippen LogP contribution in [0.5, 0.6) is 0 Å². The third-order valence-electron chi connectivity index (χ3n) is 4.20. The second kappa shape index (κ2) is 7.88. The number of amides is 1. The highest BCUT2D eigenvalue weighted by atomic mass is 19.3. The van der Waals surface area contributed by atoms with Gasteiger partial charge in [-0.25, -0.2) is 8.78 Å². The van der Waals surface area contributed by atoms with Crippen molar-refractivity contribution in [2.75, 3.05) is 39.4 Å². The van der Waals surface area contributed by atoms with E-state index in [2.05, 4.69) is 5.32 Å². The zero-order chi connectivity index (χ0) is 14.4. The minimum Gasteiger partial charge on any atom is -0.381 e. The zero-order valence-corrected chi connectivity index (χ0v) is 11.8. The first-order valence-corrected chi connectivity index (χ1v) is 7.51. The van der Waals surface area contributed by atoms with Crippen LogP contribution in [0.3, 0.4) is 0 Å². The molecule has 0 aromatic rings. The van der Waals surface area contributed by atoms with Gasteiger partial charge in [0, 0.05) is 13.2 Å². The Labute approximate surface area is 118 Å². The Morgan fingerprint density at radius 1 is 1.30 bits per heavy atom. The lowest BCUT2D eigenvalue weighted by Crippen LogP contribution is -2.42. The van der Waals surface area contributed by atoms with Gasteiger partial charge in [0.1, 0.15) is 0 Å². The zero-order valence-electron chi connectivity index (χ0n) is 11.8. The summed E-state index contributed by atoms with van der Waals surface area (Å²) >= 11 is 0. The molecule has 0 radical (unpaired) electrons. The average molecular weight is 290 g/mol. The van der Waals surface area contributed by atoms with Crippen molar-refractivity contribution in [2.45, 2.75) is 32.1 Å². The van der Waals surface area contributed by atoms with Crippen LogP contribution in [0.25, 0.3) is 0 Å². The average Bonchev–Trinajstić information content (AvgIpc) is 2.46. The number of ether oxygens (including phenoxy) is 1. The SMILES string of the molecule is O=C(NCC1CCN(CC(F)F)CC1)[C@H]1CCCOC1. The number of hydrogen-bond donors (Lipinski definition) is 1. The first-order valence-electron chi connectivity index (χ1n) is 7.51. The van der Waals surface area contributed by atoms with Gasteiger partial charge >= 0.3 is 0 Å². The third kappa shape index (κ3) is 4.98. The Balaban J connectivity index is 1.61. The molecule has 0 aromatic heterocycles. The highest BCUT2D eigenvalue weighted by molar-refractivity contribution is 5.78. The lowest BCUT2D eigenvalue weighted by Gasteiger charge is -2.32. The Bertz CT molecular complexity index is 302. The minimum absolute atomic E-state index is 0.0114. The largest absolute Gasteiger partial charge is 0.381 e. The van der Waals surface area contributed by atoms with Crippen LogP contribution in [0.1, 0.15) is 25.7 Å². The van der Waals surface area contributed by atoms with E-state index in [1.165, 1.54) is 0 Å². The second-order valence-electron chi connectivity index (χ2n) is 5.79. The molecular formula is C14H24F2N2O2. The normalized spacial score (nSPS) is 25.9. The summed E-state index contributed by atoms with van der Waals surface area (Å²) in [4.78, 5) is 13.8. The van der Waals surface area contributed by atoms with E-state index in [4.69, 9.17) is 4.74 Å². The fraction of sp³-hybridized carbons (Fsp3) is 0.929. The molecule has 0 aliphatic carbocycles. The molecule has 0 unspecified atom stereocenters. The maximum absolute atomic E-state index is 12.3. The third-order valence-corrected chi connectivity index (χ3v) is 4.20. The van der Waals surface area contributed by atoms with E-state index >= 15 is 0 Å². The summed E-state index contributed by atoms with van der Waals surface area (Å²) in [5, 5.41) is 2.99. The smallest absolute Gasteiger partial charge is 0.251 e. The van der Waals surface area contributed by atoms with Crippen molar-refractivity contribution in [3.05, 3.63) is 0 Å². The Kier molecular flexibility index (Phi) is 6.16. The molecule has 2 heterocycles. The van der Waals surface area contributed by atoms with E-state index in [1.807, 2.05) is 0 Å². The molecule has 116 valence electrons. The molecule has 1 amide bonds. The molecule has 0 aromatic carbocycles. The van der Waals surface area contributed by atoms with Crippen molar-refractivity contribution >= 4 is 5.91 Å². The number of alkyl halides is 2. The van der Waals surface area contributed by atoms with E-state index in [-0.39, 0.29) is 18.4 Å². The van der Waals surface area contributed by atoms with E-state index in [0.717, 1.165) is 32.3 Å². The molecule has 2 aliphatic heterocycles. The van der Waals surface area contributed by atoms with Crippen molar-refractivity contribution in [1.82, 2.24) is 10.2 Å². The van der Waals surface area contributed by atoms with Crippen molar-refractivity contribution in [1.29, 1.82) is 0 Å². The van der Waals surface area contributed by atoms with Crippen molar-refractivity contribution in [3.63, 3.8) is 0 Å². The van der Waals surface area contributed by atoms with E-state index < -0.39 is 6.43 Å². The molecule has 2 fully saturated rings. The summed E-state index contributed by atoms with van der Waals surface area (Å²) in [6.45, 7) is 3.23. The minimum atomic E-state index is -2.25. The Morgan fingerprint density at radius 2 is 2.05 bits per heavy atom. The van der Waals surface area contributed by atoms with Gasteiger partial charge in [0.15, 0.2) is 0 Å². The summed E-state index contributed by atoms with van der Waals surface area (Å²) in [6, 6.07) is 0. The molecule has 1 N–H and O–H groups in total. The molecule has 0 saturated carbocycles. The number of carbonyl (C=O) groups excluding carboxylic acids is 1. The van der Waals surface area contributed by atoms with Crippen LogP contribution in [0, 0.1) is 11.8 Å². The second-order valence-corrected chi connectivity index (χ2v) is 5.79. The van der Waals surface area contributed by atoms with E-state index in [9.17, 15) is 13.6 Å². The molecule has 1 atom stereocenters. The standard InChI is InChI=1S/C14H24F2N2O2/c15-13(16)9-18-5-3-11(4-6-18)8-17-14(19)12-2-1-7-20-10-12/h11-13H,1-10H2,(H,17,19)/t12-/m0/s1. The number of carbonyl (C=O) groups is 1. The fourth-order valence-electron chi connectivity index (χ4n) is 2.91. The van der Waals surface area contributed by atoms with Crippen LogP contribution >= 0.6 is 0 Å². The summed E-state index contributed by atoms with van der Waals surface area (Å²) in [5.74, 6) is 0.486. The van der Waals surface area contributed by atoms with Gasteiger partial charge in [0.25, 0.3) is 6.43 Å². The van der Waals surface area contributed by atoms with Crippen molar-refractivity contribution < 1.29 is 18.3 Å². The Morgan fingerprint density at radius 3 is 2.65 bits per heavy atom. The maximum Gasteiger partial charge on any atom is 0.251 e. The number of nitrogens with one attached hydrogen (secondary N) is 1. The molecule has 0 spiro atoms. The first-order chi connectivity index (χ1) is 9.65. The van der Waals surface area contributed by atoms with Crippen LogP contribution in [0.4, 0.5) is 8.78 Å². The number of halogens is 2. The van der Waals surface area contributed by atoms with Gasteiger partial charge in [-0.05, 0) is 44.7 Å². The first kappa shape index (κ1) is 15.6. The van der Waals surface area contributed by atoms with Crippen LogP contribution in [0.2, 0.25) is 0 Å². The molecule has 4 nitrogen and oxygen atoms in total. The van der Waals surface area contributed by atoms with Crippen molar-refractivity contribution in [2.24, 2.45) is 11.8 Å². The Hall–Kier alpha value is -0.750. The molecule has 20 heavy (non-hydrogen) atoms. The summed E-state index contributed by atoms with van der Waals surface area (Å²) < 4.78 is 29.8. The van der Waals surface area contributed by atoms with Gasteiger partial charge < -0.3 is 10.1 Å². The maximum atomic E-state index is 12.3. The number of nitrogens with zero attached hydrogens (tertiary/aromatic N) is 1. The number of piperidine rings is 1. The molecular weight excluding hydrogens is 266 g/mol. The number of rotatable bonds is 5. The highest BCUT2D eigenvalue weighted by Crippen LogP contribution is 2.18. The summed E-state index contributed by atoms with van der Waals surface area (Å²) in [7, 11) is 0. The lowest BCUT2D eigenvalue weighted by atomic mass is 9.96. The number of hydrogen-bond acceptors (Lipinski definition) is 3. The topological polar surface area (TPSA) is 41.6 Å². The molecule has 2 rings (SSSR count). The number of likely N-dealkylation sites (tertiary alicyclic amines) is 1. The van der Waals surface area contributed by atoms with Crippen LogP contribution < -0.4 is 5.32 Å². The monoisotopic (exact) mass is 290 g/mol. The van der Waals surface area contributed by atoms with Gasteiger partial charge in [-0.15, -0.1) is 0 Å². The quantitative estimate of drug-likeness (QED) is 0.834. The molecule has 2 saturated heterocycles. The van der Waals surface area contributed by atoms with E-state index in [0.29, 0.717) is 32.2 Å². The summed E-state index contributed by atoms with van der Waals surface area (Å²) in [5.41, 5.74) is 0. The lowest BCUT2D eigenvalue weighted by molar-refractivity contribution is -0.129. The predicted octanol–water partition coefficient (Wildman–Crippen LogP) is 1.51. The fourth-order valence-corrected chi connectivity index (χ4v) is 2.91. The van der Waals surface area contributed by atoms with E-state index in [1.54, 1.807) is 4.90 Å². The van der Waals surface area contributed by atoms with Gasteiger partial charge in [-0.3, -0.25) is 9.69 Å².